The molecule has 0 aromatic heterocycles. The molecule has 1 nitrogen and oxygen atoms in total. The van der Waals surface area contributed by atoms with E-state index in [1.54, 1.807) is 0 Å². The first-order chi connectivity index (χ1) is 3.17. The van der Waals surface area contributed by atoms with Gasteiger partial charge in [-0.15, -0.1) is 0 Å². The van der Waals surface area contributed by atoms with Crippen LogP contribution in [0.1, 0.15) is 20.3 Å². The van der Waals surface area contributed by atoms with Crippen molar-refractivity contribution in [1.82, 2.24) is 0 Å². The lowest BCUT2D eigenvalue weighted by atomic mass is 10.3. The Bertz CT molecular complexity index is 111. The lowest BCUT2D eigenvalue weighted by Crippen LogP contribution is -2.15. The molecular formula is C6H11N. The maximum Gasteiger partial charge on any atom is 0.0379 e. The third-order valence-electron chi connectivity index (χ3n) is 1.51. The van der Waals surface area contributed by atoms with Gasteiger partial charge in [-0.25, -0.2) is 0 Å². The SMILES string of the molecule is CC=C1CC1(C)N. The Morgan fingerprint density at radius 2 is 2.29 bits per heavy atom. The fraction of sp³-hybridized carbons (Fsp3) is 0.667. The van der Waals surface area contributed by atoms with Crippen LogP contribution >= 0.6 is 0 Å². The molecule has 0 heterocycles. The van der Waals surface area contributed by atoms with Crippen molar-refractivity contribution in [3.8, 4) is 0 Å². The van der Waals surface area contributed by atoms with Crippen molar-refractivity contribution in [3.63, 3.8) is 0 Å². The van der Waals surface area contributed by atoms with Crippen molar-refractivity contribution in [3.05, 3.63) is 11.6 Å². The molecule has 0 spiro atoms. The Labute approximate surface area is 44.2 Å². The van der Waals surface area contributed by atoms with Gasteiger partial charge in [-0.05, 0) is 20.3 Å². The largest absolute Gasteiger partial charge is 0.322 e. The van der Waals surface area contributed by atoms with Crippen LogP contribution in [0.15, 0.2) is 11.6 Å². The lowest BCUT2D eigenvalue weighted by molar-refractivity contribution is 0.793. The molecule has 1 heteroatoms. The fourth-order valence-electron chi connectivity index (χ4n) is 0.783. The summed E-state index contributed by atoms with van der Waals surface area (Å²) in [6.45, 7) is 4.09. The molecule has 7 heavy (non-hydrogen) atoms. The second kappa shape index (κ2) is 1.10. The highest BCUT2D eigenvalue weighted by atomic mass is 14.8. The Balaban J connectivity index is 2.61. The van der Waals surface area contributed by atoms with Gasteiger partial charge in [0.25, 0.3) is 0 Å². The molecule has 0 amide bonds. The van der Waals surface area contributed by atoms with Crippen LogP contribution in [0.4, 0.5) is 0 Å². The highest BCUT2D eigenvalue weighted by Crippen LogP contribution is 2.38. The van der Waals surface area contributed by atoms with E-state index < -0.39 is 0 Å². The minimum absolute atomic E-state index is 0.0781. The fourth-order valence-corrected chi connectivity index (χ4v) is 0.783. The first kappa shape index (κ1) is 4.85. The van der Waals surface area contributed by atoms with Gasteiger partial charge < -0.3 is 5.73 Å². The number of allylic oxidation sites excluding steroid dienone is 1. The summed E-state index contributed by atoms with van der Waals surface area (Å²) in [6, 6.07) is 0. The second-order valence-electron chi connectivity index (χ2n) is 2.41. The third kappa shape index (κ3) is 0.682. The first-order valence-corrected chi connectivity index (χ1v) is 2.61. The first-order valence-electron chi connectivity index (χ1n) is 2.61. The van der Waals surface area contributed by atoms with Crippen LogP contribution in [0.5, 0.6) is 0 Å². The zero-order chi connectivity index (χ0) is 5.49. The number of nitrogens with two attached hydrogens (primary N) is 1. The lowest BCUT2D eigenvalue weighted by Gasteiger charge is -1.90. The normalized spacial score (nSPS) is 44.7. The summed E-state index contributed by atoms with van der Waals surface area (Å²) in [6.07, 6.45) is 3.20. The van der Waals surface area contributed by atoms with Crippen LogP contribution < -0.4 is 5.73 Å². The number of hydrogen-bond acceptors (Lipinski definition) is 1. The molecule has 2 N–H and O–H groups in total. The van der Waals surface area contributed by atoms with Crippen LogP contribution in [-0.2, 0) is 0 Å². The quantitative estimate of drug-likeness (QED) is 0.449. The average molecular weight is 97.2 g/mol. The molecule has 0 saturated heterocycles. The standard InChI is InChI=1S/C6H11N/c1-3-5-4-6(5,2)7/h3H,4,7H2,1-2H3. The maximum absolute atomic E-state index is 5.65. The van der Waals surface area contributed by atoms with E-state index >= 15 is 0 Å². The van der Waals surface area contributed by atoms with E-state index in [2.05, 4.69) is 13.0 Å². The van der Waals surface area contributed by atoms with Crippen molar-refractivity contribution in [2.75, 3.05) is 0 Å². The van der Waals surface area contributed by atoms with Gasteiger partial charge >= 0.3 is 0 Å². The Hall–Kier alpha value is -0.300. The second-order valence-corrected chi connectivity index (χ2v) is 2.41. The molecule has 0 radical (unpaired) electrons. The minimum Gasteiger partial charge on any atom is -0.322 e. The van der Waals surface area contributed by atoms with Crippen LogP contribution in [0.25, 0.3) is 0 Å². The van der Waals surface area contributed by atoms with E-state index in [1.165, 1.54) is 5.57 Å². The predicted octanol–water partition coefficient (Wildman–Crippen LogP) is 1.05. The van der Waals surface area contributed by atoms with Gasteiger partial charge in [-0.2, -0.15) is 0 Å². The third-order valence-corrected chi connectivity index (χ3v) is 1.51. The highest BCUT2D eigenvalue weighted by molar-refractivity contribution is 5.35. The van der Waals surface area contributed by atoms with E-state index in [0.717, 1.165) is 6.42 Å². The van der Waals surface area contributed by atoms with Crippen molar-refractivity contribution in [2.45, 2.75) is 25.8 Å². The Morgan fingerprint density at radius 1 is 1.86 bits per heavy atom. The van der Waals surface area contributed by atoms with Gasteiger partial charge in [0.15, 0.2) is 0 Å². The average Bonchev–Trinajstić information content (AvgIpc) is 2.13. The van der Waals surface area contributed by atoms with Crippen LogP contribution in [0.3, 0.4) is 0 Å². The van der Waals surface area contributed by atoms with Gasteiger partial charge in [0.05, 0.1) is 0 Å². The minimum atomic E-state index is 0.0781. The summed E-state index contributed by atoms with van der Waals surface area (Å²) in [4.78, 5) is 0. The smallest absolute Gasteiger partial charge is 0.0379 e. The van der Waals surface area contributed by atoms with Gasteiger partial charge in [0.2, 0.25) is 0 Å². The molecule has 1 rings (SSSR count). The molecule has 1 aliphatic rings. The summed E-state index contributed by atoms with van der Waals surface area (Å²) in [5.74, 6) is 0. The Kier molecular flexibility index (Phi) is 0.762. The molecule has 40 valence electrons. The summed E-state index contributed by atoms with van der Waals surface area (Å²) < 4.78 is 0. The molecule has 1 unspecified atom stereocenters. The van der Waals surface area contributed by atoms with Gasteiger partial charge in [0, 0.05) is 5.54 Å². The summed E-state index contributed by atoms with van der Waals surface area (Å²) in [7, 11) is 0. The summed E-state index contributed by atoms with van der Waals surface area (Å²) in [5, 5.41) is 0. The van der Waals surface area contributed by atoms with Crippen LogP contribution in [-0.4, -0.2) is 5.54 Å². The number of hydrogen-bond donors (Lipinski definition) is 1. The van der Waals surface area contributed by atoms with Crippen molar-refractivity contribution in [1.29, 1.82) is 0 Å². The van der Waals surface area contributed by atoms with Gasteiger partial charge in [-0.1, -0.05) is 11.6 Å². The van der Waals surface area contributed by atoms with E-state index in [9.17, 15) is 0 Å². The molecular weight excluding hydrogens is 86.1 g/mol. The molecule has 0 aliphatic heterocycles. The van der Waals surface area contributed by atoms with Gasteiger partial charge in [0.1, 0.15) is 0 Å². The van der Waals surface area contributed by atoms with E-state index in [-0.39, 0.29) is 5.54 Å². The topological polar surface area (TPSA) is 26.0 Å². The molecule has 0 bridgehead atoms. The summed E-state index contributed by atoms with van der Waals surface area (Å²) in [5.41, 5.74) is 7.13. The van der Waals surface area contributed by atoms with Gasteiger partial charge in [-0.3, -0.25) is 0 Å². The monoisotopic (exact) mass is 97.1 g/mol. The molecule has 1 aliphatic carbocycles. The molecule has 1 fully saturated rings. The number of rotatable bonds is 0. The Morgan fingerprint density at radius 3 is 2.29 bits per heavy atom. The zero-order valence-electron chi connectivity index (χ0n) is 4.86. The van der Waals surface area contributed by atoms with E-state index in [0.29, 0.717) is 0 Å². The summed E-state index contributed by atoms with van der Waals surface area (Å²) >= 11 is 0. The van der Waals surface area contributed by atoms with E-state index in [4.69, 9.17) is 5.73 Å². The maximum atomic E-state index is 5.65. The van der Waals surface area contributed by atoms with Crippen LogP contribution in [0.2, 0.25) is 0 Å². The van der Waals surface area contributed by atoms with Crippen LogP contribution in [0, 0.1) is 0 Å². The predicted molar refractivity (Wildman–Crippen MR) is 31.0 cm³/mol. The molecule has 0 aromatic carbocycles. The highest BCUT2D eigenvalue weighted by Gasteiger charge is 2.38. The molecule has 0 aromatic rings. The van der Waals surface area contributed by atoms with E-state index in [1.807, 2.05) is 6.92 Å². The van der Waals surface area contributed by atoms with Crippen molar-refractivity contribution < 1.29 is 0 Å². The molecule has 1 atom stereocenters. The molecule has 1 saturated carbocycles. The zero-order valence-corrected chi connectivity index (χ0v) is 4.86. The van der Waals surface area contributed by atoms with Crippen molar-refractivity contribution in [2.24, 2.45) is 5.73 Å². The van der Waals surface area contributed by atoms with Crippen molar-refractivity contribution >= 4 is 0 Å².